The number of unbranched alkanes of at least 4 members (excludes halogenated alkanes) is 1. The average Bonchev–Trinajstić information content (AvgIpc) is 4.13. The molecule has 2 aromatic carbocycles. The summed E-state index contributed by atoms with van der Waals surface area (Å²) in [7, 11) is 4.47. The van der Waals surface area contributed by atoms with Gasteiger partial charge in [-0.3, -0.25) is 29.5 Å². The summed E-state index contributed by atoms with van der Waals surface area (Å²) >= 11 is 15.2. The van der Waals surface area contributed by atoms with Crippen molar-refractivity contribution in [3.63, 3.8) is 0 Å². The van der Waals surface area contributed by atoms with Crippen molar-refractivity contribution in [3.05, 3.63) is 58.7 Å². The Morgan fingerprint density at radius 3 is 2.28 bits per heavy atom. The number of nitrogens with one attached hydrogen (secondary N) is 6. The number of aromatic nitrogens is 2. The lowest BCUT2D eigenvalue weighted by atomic mass is 10.0. The second kappa shape index (κ2) is 30.7. The first kappa shape index (κ1) is 60.8. The van der Waals surface area contributed by atoms with Crippen molar-refractivity contribution in [3.8, 4) is 11.5 Å². The number of urea groups is 2. The third kappa shape index (κ3) is 17.1. The number of amides is 7. The molecule has 7 rings (SSSR count). The number of aliphatic hydroxyl groups excluding tert-OH is 1. The fourth-order valence-electron chi connectivity index (χ4n) is 9.58. The molecule has 23 nitrogen and oxygen atoms in total. The minimum atomic E-state index is -0.534. The van der Waals surface area contributed by atoms with Crippen molar-refractivity contribution in [2.24, 2.45) is 0 Å². The van der Waals surface area contributed by atoms with Gasteiger partial charge in [0.1, 0.15) is 33.6 Å². The van der Waals surface area contributed by atoms with Crippen molar-refractivity contribution in [1.29, 1.82) is 0 Å². The third-order valence-electron chi connectivity index (χ3n) is 13.8. The van der Waals surface area contributed by atoms with Gasteiger partial charge in [0.2, 0.25) is 23.7 Å². The number of rotatable bonds is 32. The van der Waals surface area contributed by atoms with E-state index in [0.29, 0.717) is 126 Å². The van der Waals surface area contributed by atoms with Crippen LogP contribution in [0.4, 0.5) is 44.1 Å². The Morgan fingerprint density at radius 1 is 0.886 bits per heavy atom. The van der Waals surface area contributed by atoms with Gasteiger partial charge in [0.05, 0.1) is 76.3 Å². The molecule has 4 atom stereocenters. The Morgan fingerprint density at radius 2 is 1.58 bits per heavy atom. The van der Waals surface area contributed by atoms with E-state index < -0.39 is 18.2 Å². The number of halogens is 2. The fourth-order valence-corrected chi connectivity index (χ4v) is 11.8. The number of carbonyl (C=O) groups excluding carboxylic acids is 5. The van der Waals surface area contributed by atoms with Gasteiger partial charge in [-0.15, -0.1) is 0 Å². The van der Waals surface area contributed by atoms with Crippen LogP contribution in [0.5, 0.6) is 11.5 Å². The lowest BCUT2D eigenvalue weighted by molar-refractivity contribution is -0.131. The monoisotopic (exact) mass is 1160 g/mol. The van der Waals surface area contributed by atoms with Crippen LogP contribution in [-0.4, -0.2) is 179 Å². The summed E-state index contributed by atoms with van der Waals surface area (Å²) in [4.78, 5) is 79.5. The summed E-state index contributed by atoms with van der Waals surface area (Å²) in [6.07, 6.45) is 8.30. The van der Waals surface area contributed by atoms with E-state index in [2.05, 4.69) is 53.3 Å². The molecule has 3 aromatic rings. The minimum Gasteiger partial charge on any atom is -0.495 e. The quantitative estimate of drug-likeness (QED) is 0.0173. The Balaban J connectivity index is 0.719. The van der Waals surface area contributed by atoms with E-state index in [-0.39, 0.29) is 82.5 Å². The van der Waals surface area contributed by atoms with E-state index in [1.165, 1.54) is 30.1 Å². The Hall–Kier alpha value is -5.86. The molecule has 0 aliphatic carbocycles. The molecule has 0 saturated carbocycles. The van der Waals surface area contributed by atoms with Gasteiger partial charge in [-0.1, -0.05) is 36.2 Å². The van der Waals surface area contributed by atoms with E-state index in [0.717, 1.165) is 37.1 Å². The zero-order chi connectivity index (χ0) is 56.3. The predicted molar refractivity (Wildman–Crippen MR) is 305 cm³/mol. The molecule has 1 aromatic heterocycles. The number of nitrogens with zero attached hydrogens (tertiary/aromatic N) is 6. The molecule has 0 radical (unpaired) electrons. The highest BCUT2D eigenvalue weighted by Gasteiger charge is 2.42. The van der Waals surface area contributed by atoms with Gasteiger partial charge in [0.25, 0.3) is 0 Å². The van der Waals surface area contributed by atoms with Gasteiger partial charge in [0.15, 0.2) is 0 Å². The summed E-state index contributed by atoms with van der Waals surface area (Å²) in [5.41, 5.74) is 2.58. The van der Waals surface area contributed by atoms with Gasteiger partial charge in [-0.25, -0.2) is 14.6 Å². The molecule has 3 fully saturated rings. The zero-order valence-electron chi connectivity index (χ0n) is 45.1. The molecule has 5 heterocycles. The summed E-state index contributed by atoms with van der Waals surface area (Å²) in [5.74, 6) is 1.51. The lowest BCUT2D eigenvalue weighted by Crippen LogP contribution is -2.48. The smallest absolute Gasteiger partial charge is 0.330 e. The number of fused-ring (bicyclic) bond motifs is 2. The SMILES string of the molecule is C=CC(=O)Nc1cc(N2CCN(C(=O)CCCC(=O)NCCCOCCOCCOCCCNC(O)CCCC[C@@H]3SC[C@@H]4NC(=O)N[C@@H]43)CC2)ccc1Nc1ncc2c(n1)N(C)C(=O)N(c1c(Cl)c(OC)cc(OC)c1Cl)C2. The summed E-state index contributed by atoms with van der Waals surface area (Å²) in [6.45, 7) is 9.76. The Kier molecular flexibility index (Phi) is 23.6. The maximum Gasteiger partial charge on any atom is 0.330 e. The van der Waals surface area contributed by atoms with Crippen LogP contribution in [0.3, 0.4) is 0 Å². The molecule has 4 aliphatic heterocycles. The van der Waals surface area contributed by atoms with Gasteiger partial charge in [-0.05, 0) is 69.3 Å². The van der Waals surface area contributed by atoms with Crippen LogP contribution in [0.25, 0.3) is 0 Å². The average molecular weight is 1160 g/mol. The first-order valence-electron chi connectivity index (χ1n) is 26.8. The number of methoxy groups -OCH3 is 2. The maximum atomic E-state index is 13.8. The number of hydrogen-bond donors (Lipinski definition) is 7. The standard InChI is InChI=1S/C53H74Cl2N12O11S/c1-5-42(68)59-37-29-35(15-16-36(37)60-51-58-31-34-32-67(53(73)64(2)50(34)63-51)49-46(54)39(74-3)30-40(75-4)47(49)55)65-19-21-66(22-20-65)45(71)14-8-13-44(70)57-18-10-24-77-26-28-78-27-25-76-23-9-17-56-43(69)12-7-6-11-41-48-38(33-79-41)61-52(72)62-48/h5,15-16,29-31,38,41,43,48,56,69H,1,6-14,17-28,32-33H2,2-4H3,(H,57,70)(H,59,68)(H,58,60,63)(H2,61,62,72)/t38-,41-,43?,48-/m0/s1. The second-order valence-corrected chi connectivity index (χ2v) is 21.3. The number of hydrogen-bond acceptors (Lipinski definition) is 17. The van der Waals surface area contributed by atoms with Crippen LogP contribution in [0.1, 0.15) is 63.4 Å². The van der Waals surface area contributed by atoms with E-state index in [1.54, 1.807) is 25.4 Å². The number of anilines is 6. The van der Waals surface area contributed by atoms with Crippen LogP contribution in [0.2, 0.25) is 10.0 Å². The van der Waals surface area contributed by atoms with Crippen LogP contribution < -0.4 is 56.1 Å². The van der Waals surface area contributed by atoms with Crippen molar-refractivity contribution in [2.45, 2.75) is 87.9 Å². The van der Waals surface area contributed by atoms with E-state index >= 15 is 0 Å². The molecule has 26 heteroatoms. The van der Waals surface area contributed by atoms with Gasteiger partial charge in [0, 0.05) is 100 Å². The lowest BCUT2D eigenvalue weighted by Gasteiger charge is -2.36. The Labute approximate surface area is 475 Å². The van der Waals surface area contributed by atoms with E-state index in [4.69, 9.17) is 46.9 Å². The number of ether oxygens (including phenoxy) is 5. The van der Waals surface area contributed by atoms with Gasteiger partial charge in [-0.2, -0.15) is 16.7 Å². The number of thioether (sulfide) groups is 1. The zero-order valence-corrected chi connectivity index (χ0v) is 47.4. The molecule has 3 saturated heterocycles. The molecule has 0 spiro atoms. The second-order valence-electron chi connectivity index (χ2n) is 19.3. The highest BCUT2D eigenvalue weighted by Crippen LogP contribution is 2.48. The summed E-state index contributed by atoms with van der Waals surface area (Å²) < 4.78 is 27.7. The normalized spacial score (nSPS) is 18.1. The predicted octanol–water partition coefficient (Wildman–Crippen LogP) is 5.64. The topological polar surface area (TPSA) is 263 Å². The summed E-state index contributed by atoms with van der Waals surface area (Å²) in [6, 6.07) is 7.01. The van der Waals surface area contributed by atoms with Crippen LogP contribution in [0, 0.1) is 0 Å². The number of piperazine rings is 1. The van der Waals surface area contributed by atoms with Crippen LogP contribution in [-0.2, 0) is 35.1 Å². The van der Waals surface area contributed by atoms with Gasteiger partial charge < -0.3 is 65.2 Å². The molecule has 7 N–H and O–H groups in total. The molecule has 4 aliphatic rings. The van der Waals surface area contributed by atoms with E-state index in [1.807, 2.05) is 28.8 Å². The molecule has 0 bridgehead atoms. The number of carbonyl (C=O) groups is 5. The van der Waals surface area contributed by atoms with Crippen molar-refractivity contribution in [2.75, 3.05) is 131 Å². The molecule has 79 heavy (non-hydrogen) atoms. The summed E-state index contributed by atoms with van der Waals surface area (Å²) in [5, 5.41) is 29.1. The molecular formula is C53H74Cl2N12O11S. The first-order valence-corrected chi connectivity index (χ1v) is 28.6. The van der Waals surface area contributed by atoms with E-state index in [9.17, 15) is 29.1 Å². The molecule has 1 unspecified atom stereocenters. The van der Waals surface area contributed by atoms with Crippen molar-refractivity contribution in [1.82, 2.24) is 36.1 Å². The molecule has 432 valence electrons. The third-order valence-corrected chi connectivity index (χ3v) is 16.1. The Bertz CT molecular complexity index is 2560. The fraction of sp³-hybridized carbons (Fsp3) is 0.566. The highest BCUT2D eigenvalue weighted by molar-refractivity contribution is 8.00. The molecule has 7 amide bonds. The largest absolute Gasteiger partial charge is 0.495 e. The van der Waals surface area contributed by atoms with Crippen LogP contribution in [0.15, 0.2) is 43.1 Å². The molecular weight excluding hydrogens is 1080 g/mol. The highest BCUT2D eigenvalue weighted by atomic mass is 35.5. The van der Waals surface area contributed by atoms with Gasteiger partial charge >= 0.3 is 12.1 Å². The minimum absolute atomic E-state index is 0.00809. The van der Waals surface area contributed by atoms with Crippen molar-refractivity contribution < 1.29 is 52.8 Å². The van der Waals surface area contributed by atoms with Crippen molar-refractivity contribution >= 4 is 99.3 Å². The van der Waals surface area contributed by atoms with Crippen LogP contribution >= 0.6 is 35.0 Å². The maximum absolute atomic E-state index is 13.8. The number of benzene rings is 2. The first-order chi connectivity index (χ1) is 38.3. The number of aliphatic hydroxyl groups is 1.